The van der Waals surface area contributed by atoms with Crippen molar-refractivity contribution in [3.63, 3.8) is 0 Å². The van der Waals surface area contributed by atoms with Gasteiger partial charge in [0.1, 0.15) is 13.2 Å². The largest absolute Gasteiger partial charge is 0.493 e. The molecule has 3 rings (SSSR count). The predicted molar refractivity (Wildman–Crippen MR) is 118 cm³/mol. The number of para-hydroxylation sites is 1. The average Bonchev–Trinajstić information content (AvgIpc) is 3.00. The summed E-state index contributed by atoms with van der Waals surface area (Å²) in [7, 11) is 1.51. The number of halogens is 1. The number of benzene rings is 2. The van der Waals surface area contributed by atoms with E-state index in [4.69, 9.17) is 25.8 Å². The summed E-state index contributed by atoms with van der Waals surface area (Å²) in [6.45, 7) is 1.62. The van der Waals surface area contributed by atoms with Crippen molar-refractivity contribution in [1.29, 1.82) is 0 Å². The van der Waals surface area contributed by atoms with Crippen molar-refractivity contribution in [3.8, 4) is 11.5 Å². The first-order valence-corrected chi connectivity index (χ1v) is 10.6. The van der Waals surface area contributed by atoms with Gasteiger partial charge >= 0.3 is 5.97 Å². The molecule has 0 bridgehead atoms. The maximum atomic E-state index is 12.7. The topological polar surface area (TPSA) is 82.1 Å². The highest BCUT2D eigenvalue weighted by Crippen LogP contribution is 2.37. The van der Waals surface area contributed by atoms with Crippen LogP contribution >= 0.6 is 23.4 Å². The van der Waals surface area contributed by atoms with Crippen LogP contribution in [0.3, 0.4) is 0 Å². The van der Waals surface area contributed by atoms with Gasteiger partial charge in [-0.3, -0.25) is 19.3 Å². The lowest BCUT2D eigenvalue weighted by Crippen LogP contribution is -2.34. The zero-order valence-electron chi connectivity index (χ0n) is 16.9. The van der Waals surface area contributed by atoms with Gasteiger partial charge in [-0.25, -0.2) is 0 Å². The number of imide groups is 1. The highest BCUT2D eigenvalue weighted by Gasteiger charge is 2.36. The van der Waals surface area contributed by atoms with Crippen LogP contribution in [-0.4, -0.2) is 42.3 Å². The van der Waals surface area contributed by atoms with E-state index < -0.39 is 23.7 Å². The van der Waals surface area contributed by atoms with E-state index in [1.54, 1.807) is 43.3 Å². The molecule has 162 valence electrons. The van der Waals surface area contributed by atoms with Gasteiger partial charge in [0.15, 0.2) is 11.5 Å². The number of thioether (sulfide) groups is 1. The minimum Gasteiger partial charge on any atom is -0.493 e. The van der Waals surface area contributed by atoms with E-state index in [9.17, 15) is 14.4 Å². The van der Waals surface area contributed by atoms with Crippen LogP contribution in [0.25, 0.3) is 6.08 Å². The molecule has 9 heteroatoms. The van der Waals surface area contributed by atoms with Gasteiger partial charge in [-0.2, -0.15) is 0 Å². The number of hydrogen-bond acceptors (Lipinski definition) is 7. The Bertz CT molecular complexity index is 1040. The van der Waals surface area contributed by atoms with Crippen LogP contribution in [0, 0.1) is 0 Å². The molecule has 0 aromatic heterocycles. The molecule has 2 aromatic carbocycles. The van der Waals surface area contributed by atoms with E-state index in [1.807, 2.05) is 12.1 Å². The third kappa shape index (κ3) is 5.59. The molecular weight excluding hydrogens is 442 g/mol. The van der Waals surface area contributed by atoms with E-state index >= 15 is 0 Å². The van der Waals surface area contributed by atoms with E-state index in [0.717, 1.165) is 22.2 Å². The maximum absolute atomic E-state index is 12.7. The van der Waals surface area contributed by atoms with Crippen LogP contribution in [0.4, 0.5) is 4.79 Å². The smallest absolute Gasteiger partial charge is 0.326 e. The van der Waals surface area contributed by atoms with Crippen molar-refractivity contribution in [2.24, 2.45) is 0 Å². The first-order valence-electron chi connectivity index (χ1n) is 9.38. The summed E-state index contributed by atoms with van der Waals surface area (Å²) in [5, 5.41) is 0.0604. The minimum absolute atomic E-state index is 0.169. The summed E-state index contributed by atoms with van der Waals surface area (Å²) in [6.07, 6.45) is 1.55. The summed E-state index contributed by atoms with van der Waals surface area (Å²) in [6, 6.07) is 12.5. The molecule has 2 aromatic rings. The third-order valence-electron chi connectivity index (χ3n) is 4.25. The van der Waals surface area contributed by atoms with Gasteiger partial charge in [0, 0.05) is 10.6 Å². The predicted octanol–water partition coefficient (Wildman–Crippen LogP) is 4.53. The quantitative estimate of drug-likeness (QED) is 0.422. The summed E-state index contributed by atoms with van der Waals surface area (Å²) in [5.41, 5.74) is 1.42. The molecule has 0 saturated carbocycles. The van der Waals surface area contributed by atoms with Crippen molar-refractivity contribution in [3.05, 3.63) is 63.5 Å². The van der Waals surface area contributed by atoms with Gasteiger partial charge in [-0.05, 0) is 48.5 Å². The molecule has 1 saturated heterocycles. The second kappa shape index (κ2) is 10.4. The van der Waals surface area contributed by atoms with Gasteiger partial charge in [0.05, 0.1) is 18.6 Å². The highest BCUT2D eigenvalue weighted by atomic mass is 35.5. The van der Waals surface area contributed by atoms with Gasteiger partial charge in [-0.15, -0.1) is 0 Å². The molecule has 1 heterocycles. The SMILES string of the molecule is CCOC(=O)CN1C(=O)S/C(=C\c2cccc(OC)c2OCc2cccc(Cl)c2)C1=O. The third-order valence-corrected chi connectivity index (χ3v) is 5.40. The number of nitrogens with zero attached hydrogens (tertiary/aromatic N) is 1. The van der Waals surface area contributed by atoms with E-state index in [-0.39, 0.29) is 18.1 Å². The number of carbonyl (C=O) groups excluding carboxylic acids is 3. The number of methoxy groups -OCH3 is 1. The molecular formula is C22H20ClNO6S. The Kier molecular flexibility index (Phi) is 7.59. The normalized spacial score (nSPS) is 14.8. The minimum atomic E-state index is -0.641. The van der Waals surface area contributed by atoms with Crippen molar-refractivity contribution in [2.45, 2.75) is 13.5 Å². The highest BCUT2D eigenvalue weighted by molar-refractivity contribution is 8.18. The number of ether oxygens (including phenoxy) is 3. The molecule has 0 unspecified atom stereocenters. The maximum Gasteiger partial charge on any atom is 0.326 e. The molecule has 0 aliphatic carbocycles. The molecule has 0 N–H and O–H groups in total. The van der Waals surface area contributed by atoms with E-state index in [2.05, 4.69) is 0 Å². The number of esters is 1. The monoisotopic (exact) mass is 461 g/mol. The van der Waals surface area contributed by atoms with Crippen LogP contribution in [0.2, 0.25) is 5.02 Å². The van der Waals surface area contributed by atoms with Crippen molar-refractivity contribution >= 4 is 46.6 Å². The molecule has 1 aliphatic heterocycles. The molecule has 0 spiro atoms. The van der Waals surface area contributed by atoms with Gasteiger partial charge in [-0.1, -0.05) is 35.9 Å². The van der Waals surface area contributed by atoms with Crippen molar-refractivity contribution in [2.75, 3.05) is 20.3 Å². The average molecular weight is 462 g/mol. The Morgan fingerprint density at radius 3 is 2.68 bits per heavy atom. The standard InChI is InChI=1S/C22H20ClNO6S/c1-3-29-19(25)12-24-21(26)18(31-22(24)27)11-15-7-5-9-17(28-2)20(15)30-13-14-6-4-8-16(23)10-14/h4-11H,3,12-13H2,1-2H3/b18-11-. The fraction of sp³-hybridized carbons (Fsp3) is 0.227. The second-order valence-corrected chi connectivity index (χ2v) is 7.80. The Labute approximate surface area is 188 Å². The molecule has 2 amide bonds. The summed E-state index contributed by atoms with van der Waals surface area (Å²) >= 11 is 6.78. The molecule has 1 fully saturated rings. The molecule has 0 atom stereocenters. The van der Waals surface area contributed by atoms with Gasteiger partial charge in [0.25, 0.3) is 11.1 Å². The second-order valence-electron chi connectivity index (χ2n) is 6.37. The lowest BCUT2D eigenvalue weighted by molar-refractivity contribution is -0.145. The molecule has 0 radical (unpaired) electrons. The fourth-order valence-corrected chi connectivity index (χ4v) is 3.90. The fourth-order valence-electron chi connectivity index (χ4n) is 2.86. The summed E-state index contributed by atoms with van der Waals surface area (Å²) < 4.78 is 16.2. The summed E-state index contributed by atoms with van der Waals surface area (Å²) in [4.78, 5) is 37.6. The van der Waals surface area contributed by atoms with Crippen LogP contribution < -0.4 is 9.47 Å². The van der Waals surface area contributed by atoms with Crippen LogP contribution in [0.1, 0.15) is 18.1 Å². The lowest BCUT2D eigenvalue weighted by Gasteiger charge is -2.14. The Balaban J connectivity index is 1.85. The molecule has 7 nitrogen and oxygen atoms in total. The van der Waals surface area contributed by atoms with Crippen LogP contribution in [-0.2, 0) is 20.9 Å². The number of amides is 2. The van der Waals surface area contributed by atoms with E-state index in [0.29, 0.717) is 22.1 Å². The Hall–Kier alpha value is -2.97. The molecule has 31 heavy (non-hydrogen) atoms. The zero-order valence-corrected chi connectivity index (χ0v) is 18.5. The number of rotatable bonds is 8. The van der Waals surface area contributed by atoms with Gasteiger partial charge in [0.2, 0.25) is 0 Å². The molecule has 1 aliphatic rings. The van der Waals surface area contributed by atoms with E-state index in [1.165, 1.54) is 7.11 Å². The number of hydrogen-bond donors (Lipinski definition) is 0. The van der Waals surface area contributed by atoms with Crippen molar-refractivity contribution in [1.82, 2.24) is 4.90 Å². The lowest BCUT2D eigenvalue weighted by atomic mass is 10.1. The summed E-state index contributed by atoms with van der Waals surface area (Å²) in [5.74, 6) is -0.312. The first kappa shape index (κ1) is 22.7. The number of carbonyl (C=O) groups is 3. The Morgan fingerprint density at radius 2 is 1.97 bits per heavy atom. The van der Waals surface area contributed by atoms with Crippen molar-refractivity contribution < 1.29 is 28.6 Å². The van der Waals surface area contributed by atoms with Crippen LogP contribution in [0.15, 0.2) is 47.4 Å². The van der Waals surface area contributed by atoms with Gasteiger partial charge < -0.3 is 14.2 Å². The first-order chi connectivity index (χ1) is 14.9. The van der Waals surface area contributed by atoms with Crippen LogP contribution in [0.5, 0.6) is 11.5 Å². The Morgan fingerprint density at radius 1 is 1.19 bits per heavy atom. The zero-order chi connectivity index (χ0) is 22.4.